The van der Waals surface area contributed by atoms with Gasteiger partial charge in [0.05, 0.1) is 0 Å². The Morgan fingerprint density at radius 3 is 2.21 bits per heavy atom. The molecule has 11 heteroatoms. The van der Waals surface area contributed by atoms with Gasteiger partial charge in [0, 0.05) is 4.91 Å². The Hall–Kier alpha value is -2.15. The van der Waals surface area contributed by atoms with E-state index in [2.05, 4.69) is 15.3 Å². The van der Waals surface area contributed by atoms with Crippen LogP contribution >= 0.6 is 0 Å². The SMILES string of the molecule is [B]=BCCCCCCNC(=O)c1c(F)c(F)c(N=[N+]=[N-])c(F)c1F. The fourth-order valence-electron chi connectivity index (χ4n) is 1.98. The molecule has 1 amide bonds. The number of azide groups is 1. The first-order valence-corrected chi connectivity index (χ1v) is 7.18. The molecule has 1 radical (unpaired) electrons. The van der Waals surface area contributed by atoms with Gasteiger partial charge in [0.25, 0.3) is 0 Å². The first-order valence-electron chi connectivity index (χ1n) is 7.18. The molecule has 0 fully saturated rings. The zero-order chi connectivity index (χ0) is 18.1. The van der Waals surface area contributed by atoms with Crippen molar-refractivity contribution in [1.29, 1.82) is 0 Å². The van der Waals surface area contributed by atoms with Crippen molar-refractivity contribution in [2.45, 2.75) is 32.0 Å². The second kappa shape index (κ2) is 9.87. The third-order valence-electron chi connectivity index (χ3n) is 3.20. The van der Waals surface area contributed by atoms with E-state index in [4.69, 9.17) is 12.9 Å². The molecular weight excluding hydrogens is 326 g/mol. The van der Waals surface area contributed by atoms with Gasteiger partial charge >= 0.3 is 121 Å². The number of nitrogens with zero attached hydrogens (tertiary/aromatic N) is 3. The zero-order valence-electron chi connectivity index (χ0n) is 12.7. The van der Waals surface area contributed by atoms with Crippen LogP contribution in [0, 0.1) is 23.3 Å². The number of hydrogen-bond donors (Lipinski definition) is 1. The number of carbonyl (C=O) groups is 1. The van der Waals surface area contributed by atoms with Crippen molar-refractivity contribution in [3.63, 3.8) is 0 Å². The molecule has 24 heavy (non-hydrogen) atoms. The fraction of sp³-hybridized carbons (Fsp3) is 0.462. The van der Waals surface area contributed by atoms with Crippen LogP contribution in [0.15, 0.2) is 5.11 Å². The van der Waals surface area contributed by atoms with Gasteiger partial charge in [-0.1, -0.05) is 5.11 Å². The first-order chi connectivity index (χ1) is 11.5. The maximum atomic E-state index is 13.8. The molecule has 0 atom stereocenters. The van der Waals surface area contributed by atoms with Crippen LogP contribution in [-0.4, -0.2) is 26.6 Å². The van der Waals surface area contributed by atoms with E-state index in [1.165, 1.54) is 6.80 Å². The summed E-state index contributed by atoms with van der Waals surface area (Å²) in [5.74, 6) is -8.95. The van der Waals surface area contributed by atoms with Crippen LogP contribution in [0.5, 0.6) is 0 Å². The van der Waals surface area contributed by atoms with E-state index >= 15 is 0 Å². The summed E-state index contributed by atoms with van der Waals surface area (Å²) >= 11 is 0. The van der Waals surface area contributed by atoms with E-state index < -0.39 is 40.4 Å². The summed E-state index contributed by atoms with van der Waals surface area (Å²) in [5.41, 5.74) is 5.29. The van der Waals surface area contributed by atoms with Crippen molar-refractivity contribution in [2.75, 3.05) is 6.54 Å². The van der Waals surface area contributed by atoms with Crippen LogP contribution < -0.4 is 5.32 Å². The molecule has 0 bridgehead atoms. The number of nitrogens with one attached hydrogen (secondary N) is 1. The summed E-state index contributed by atoms with van der Waals surface area (Å²) in [6.07, 6.45) is 3.78. The third-order valence-corrected chi connectivity index (χ3v) is 3.20. The van der Waals surface area contributed by atoms with E-state index in [-0.39, 0.29) is 6.54 Å². The van der Waals surface area contributed by atoms with E-state index in [1.54, 1.807) is 0 Å². The maximum absolute atomic E-state index is 13.8. The van der Waals surface area contributed by atoms with Gasteiger partial charge in [-0.3, -0.25) is 0 Å². The standard InChI is InChI=1S/C13H13B2F4N4O/c14-15-5-3-1-2-4-6-21-13(24)7-8(16)10(18)12(22-23-20)11(19)9(7)17/h1-6H2,(H,21,24). The van der Waals surface area contributed by atoms with Crippen molar-refractivity contribution in [3.8, 4) is 0 Å². The van der Waals surface area contributed by atoms with Crippen molar-refractivity contribution in [1.82, 2.24) is 5.32 Å². The van der Waals surface area contributed by atoms with Gasteiger partial charge in [0.15, 0.2) is 0 Å². The molecule has 0 saturated carbocycles. The molecule has 0 aliphatic heterocycles. The number of hydrogen-bond acceptors (Lipinski definition) is 2. The summed E-state index contributed by atoms with van der Waals surface area (Å²) in [6.45, 7) is 1.63. The average Bonchev–Trinajstić information content (AvgIpc) is 2.56. The zero-order valence-corrected chi connectivity index (χ0v) is 12.7. The molecule has 5 nitrogen and oxygen atoms in total. The summed E-state index contributed by atoms with van der Waals surface area (Å²) < 4.78 is 54.6. The molecule has 0 unspecified atom stereocenters. The molecule has 0 spiro atoms. The van der Waals surface area contributed by atoms with Crippen molar-refractivity contribution >= 4 is 25.8 Å². The topological polar surface area (TPSA) is 77.9 Å². The molecule has 0 aliphatic rings. The van der Waals surface area contributed by atoms with Gasteiger partial charge in [-0.15, -0.1) is 0 Å². The van der Waals surface area contributed by atoms with Gasteiger partial charge in [-0.25, -0.2) is 0 Å². The van der Waals surface area contributed by atoms with Gasteiger partial charge in [0.2, 0.25) is 0 Å². The van der Waals surface area contributed by atoms with Crippen LogP contribution in [0.2, 0.25) is 6.32 Å². The third kappa shape index (κ3) is 4.92. The molecule has 1 aromatic carbocycles. The molecule has 0 saturated heterocycles. The predicted octanol–water partition coefficient (Wildman–Crippen LogP) is 3.68. The number of halogens is 4. The Bertz CT molecular complexity index is 651. The Balaban J connectivity index is 2.78. The molecule has 125 valence electrons. The van der Waals surface area contributed by atoms with E-state index in [0.29, 0.717) is 6.42 Å². The monoisotopic (exact) mass is 339 g/mol. The average molecular weight is 339 g/mol. The summed E-state index contributed by atoms with van der Waals surface area (Å²) in [4.78, 5) is 13.8. The van der Waals surface area contributed by atoms with Gasteiger partial charge in [-0.2, -0.15) is 0 Å². The summed E-state index contributed by atoms with van der Waals surface area (Å²) in [6, 6.07) is 0. The van der Waals surface area contributed by atoms with Crippen molar-refractivity contribution in [3.05, 3.63) is 39.3 Å². The second-order valence-corrected chi connectivity index (χ2v) is 4.86. The van der Waals surface area contributed by atoms with Gasteiger partial charge in [-0.05, 0) is 5.53 Å². The summed E-state index contributed by atoms with van der Waals surface area (Å²) in [7, 11) is 5.22. The predicted molar refractivity (Wildman–Crippen MR) is 82.2 cm³/mol. The number of rotatable bonds is 9. The second-order valence-electron chi connectivity index (χ2n) is 4.86. The minimum atomic E-state index is -1.92. The molecule has 1 rings (SSSR count). The number of carbonyl (C=O) groups excluding carboxylic acids is 1. The van der Waals surface area contributed by atoms with Crippen molar-refractivity contribution < 1.29 is 22.4 Å². The Morgan fingerprint density at radius 1 is 1.08 bits per heavy atom. The van der Waals surface area contributed by atoms with Crippen LogP contribution in [0.1, 0.15) is 36.0 Å². The Morgan fingerprint density at radius 2 is 1.67 bits per heavy atom. The van der Waals surface area contributed by atoms with Crippen LogP contribution in [0.4, 0.5) is 23.2 Å². The van der Waals surface area contributed by atoms with E-state index in [9.17, 15) is 22.4 Å². The van der Waals surface area contributed by atoms with Gasteiger partial charge < -0.3 is 0 Å². The quantitative estimate of drug-likeness (QED) is 0.139. The molecule has 1 aromatic rings. The van der Waals surface area contributed by atoms with E-state index in [1.807, 2.05) is 0 Å². The van der Waals surface area contributed by atoms with Crippen LogP contribution in [0.3, 0.4) is 0 Å². The molecule has 0 aliphatic carbocycles. The van der Waals surface area contributed by atoms with Crippen LogP contribution in [0.25, 0.3) is 10.4 Å². The minimum absolute atomic E-state index is 0.0887. The Labute approximate surface area is 137 Å². The number of amides is 1. The summed E-state index contributed by atoms with van der Waals surface area (Å²) in [5, 5.41) is 4.74. The van der Waals surface area contributed by atoms with Crippen molar-refractivity contribution in [2.24, 2.45) is 5.11 Å². The number of benzene rings is 1. The normalized spacial score (nSPS) is 9.96. The van der Waals surface area contributed by atoms with E-state index in [0.717, 1.165) is 25.6 Å². The Kier molecular flexibility index (Phi) is 8.18. The molecular formula is C13H13B2F4N4O. The van der Waals surface area contributed by atoms with Gasteiger partial charge in [0.1, 0.15) is 0 Å². The molecule has 0 aromatic heterocycles. The molecule has 1 N–H and O–H groups in total. The van der Waals surface area contributed by atoms with Crippen LogP contribution in [-0.2, 0) is 0 Å². The molecule has 0 heterocycles. The number of unbranched alkanes of at least 4 members (excludes halogenated alkanes) is 3. The first kappa shape index (κ1) is 19.9. The fourth-order valence-corrected chi connectivity index (χ4v) is 1.98.